The van der Waals surface area contributed by atoms with E-state index in [0.29, 0.717) is 6.54 Å². The molecule has 0 aliphatic heterocycles. The lowest BCUT2D eigenvalue weighted by molar-refractivity contribution is -0.118. The molecule has 4 heteroatoms. The molecule has 3 N–H and O–H groups in total. The van der Waals surface area contributed by atoms with E-state index in [4.69, 9.17) is 10.5 Å². The van der Waals surface area contributed by atoms with E-state index in [2.05, 4.69) is 29.6 Å². The Labute approximate surface area is 124 Å². The van der Waals surface area contributed by atoms with Crippen molar-refractivity contribution in [3.8, 4) is 0 Å². The second-order valence-corrected chi connectivity index (χ2v) is 5.46. The van der Waals surface area contributed by atoms with Gasteiger partial charge in [-0.15, -0.1) is 0 Å². The second-order valence-electron chi connectivity index (χ2n) is 5.46. The molecule has 1 amide bonds. The minimum Gasteiger partial charge on any atom is -0.380 e. The Bertz CT molecular complexity index is 668. The fourth-order valence-electron chi connectivity index (χ4n) is 3.03. The maximum Gasteiger partial charge on any atom is 0.227 e. The quantitative estimate of drug-likeness (QED) is 0.885. The third-order valence-corrected chi connectivity index (χ3v) is 4.16. The van der Waals surface area contributed by atoms with E-state index in [1.54, 1.807) is 7.11 Å². The van der Waals surface area contributed by atoms with Crippen LogP contribution in [0.25, 0.3) is 10.8 Å². The number of amides is 1. The fraction of sp³-hybridized carbons (Fsp3) is 0.353. The molecular weight excluding hydrogens is 264 g/mol. The first-order valence-electron chi connectivity index (χ1n) is 7.29. The number of carbonyl (C=O) groups excluding carboxylic acids is 1. The zero-order valence-corrected chi connectivity index (χ0v) is 12.2. The molecule has 2 aromatic carbocycles. The molecule has 0 heterocycles. The van der Waals surface area contributed by atoms with Crippen molar-refractivity contribution in [2.75, 3.05) is 19.0 Å². The first-order chi connectivity index (χ1) is 10.2. The van der Waals surface area contributed by atoms with Crippen molar-refractivity contribution in [1.82, 2.24) is 0 Å². The molecule has 0 unspecified atom stereocenters. The van der Waals surface area contributed by atoms with Gasteiger partial charge in [-0.25, -0.2) is 0 Å². The second kappa shape index (κ2) is 5.84. The van der Waals surface area contributed by atoms with Crippen molar-refractivity contribution < 1.29 is 9.53 Å². The Morgan fingerprint density at radius 3 is 2.76 bits per heavy atom. The van der Waals surface area contributed by atoms with E-state index in [-0.39, 0.29) is 18.4 Å². The van der Waals surface area contributed by atoms with Crippen LogP contribution in [0.3, 0.4) is 0 Å². The van der Waals surface area contributed by atoms with E-state index in [1.165, 1.54) is 16.5 Å². The van der Waals surface area contributed by atoms with Gasteiger partial charge in [0.15, 0.2) is 0 Å². The molecule has 0 aromatic heterocycles. The molecule has 110 valence electrons. The van der Waals surface area contributed by atoms with Crippen LogP contribution in [0.15, 0.2) is 30.3 Å². The first kappa shape index (κ1) is 14.0. The van der Waals surface area contributed by atoms with E-state index >= 15 is 0 Å². The third-order valence-electron chi connectivity index (χ3n) is 4.16. The highest BCUT2D eigenvalue weighted by Crippen LogP contribution is 2.35. The highest BCUT2D eigenvalue weighted by molar-refractivity contribution is 6.05. The Balaban J connectivity index is 1.87. The maximum absolute atomic E-state index is 12.1. The van der Waals surface area contributed by atoms with Crippen LogP contribution in [0.5, 0.6) is 0 Å². The Morgan fingerprint density at radius 1 is 1.29 bits per heavy atom. The fourth-order valence-corrected chi connectivity index (χ4v) is 3.03. The molecule has 0 spiro atoms. The SMILES string of the molecule is CO[C@H](CN)CC(=O)Nc1ccc2c3c(cccc13)CC2. The number of ether oxygens (including phenoxy) is 1. The summed E-state index contributed by atoms with van der Waals surface area (Å²) in [5.41, 5.74) is 9.17. The highest BCUT2D eigenvalue weighted by atomic mass is 16.5. The van der Waals surface area contributed by atoms with Crippen LogP contribution in [-0.2, 0) is 22.4 Å². The van der Waals surface area contributed by atoms with Crippen molar-refractivity contribution in [1.29, 1.82) is 0 Å². The van der Waals surface area contributed by atoms with Gasteiger partial charge >= 0.3 is 0 Å². The summed E-state index contributed by atoms with van der Waals surface area (Å²) in [6.07, 6.45) is 2.21. The Morgan fingerprint density at radius 2 is 2.05 bits per heavy atom. The number of hydrogen-bond acceptors (Lipinski definition) is 3. The summed E-state index contributed by atoms with van der Waals surface area (Å²) >= 11 is 0. The van der Waals surface area contributed by atoms with Crippen LogP contribution in [-0.4, -0.2) is 25.7 Å². The number of benzene rings is 2. The molecular formula is C17H20N2O2. The van der Waals surface area contributed by atoms with Crippen molar-refractivity contribution >= 4 is 22.4 Å². The minimum absolute atomic E-state index is 0.0639. The summed E-state index contributed by atoms with van der Waals surface area (Å²) in [4.78, 5) is 12.1. The normalized spacial score (nSPS) is 14.4. The predicted octanol–water partition coefficient (Wildman–Crippen LogP) is 2.24. The van der Waals surface area contributed by atoms with Gasteiger partial charge in [-0.1, -0.05) is 24.3 Å². The molecule has 0 bridgehead atoms. The molecule has 3 rings (SSSR count). The maximum atomic E-state index is 12.1. The topological polar surface area (TPSA) is 64.3 Å². The molecule has 0 radical (unpaired) electrons. The van der Waals surface area contributed by atoms with Gasteiger partial charge in [0.05, 0.1) is 12.5 Å². The van der Waals surface area contributed by atoms with E-state index in [9.17, 15) is 4.79 Å². The van der Waals surface area contributed by atoms with Crippen molar-refractivity contribution in [3.05, 3.63) is 41.5 Å². The smallest absolute Gasteiger partial charge is 0.227 e. The average Bonchev–Trinajstić information content (AvgIpc) is 2.92. The van der Waals surface area contributed by atoms with Crippen LogP contribution in [0, 0.1) is 0 Å². The summed E-state index contributed by atoms with van der Waals surface area (Å²) in [5.74, 6) is -0.0639. The molecule has 1 aliphatic carbocycles. The van der Waals surface area contributed by atoms with Crippen LogP contribution in [0.4, 0.5) is 5.69 Å². The van der Waals surface area contributed by atoms with Gasteiger partial charge in [-0.2, -0.15) is 0 Å². The molecule has 1 atom stereocenters. The lowest BCUT2D eigenvalue weighted by Crippen LogP contribution is -2.28. The highest BCUT2D eigenvalue weighted by Gasteiger charge is 2.17. The van der Waals surface area contributed by atoms with Gasteiger partial charge in [0.1, 0.15) is 0 Å². The lowest BCUT2D eigenvalue weighted by Gasteiger charge is -2.14. The van der Waals surface area contributed by atoms with E-state index < -0.39 is 0 Å². The largest absolute Gasteiger partial charge is 0.380 e. The van der Waals surface area contributed by atoms with Crippen molar-refractivity contribution in [3.63, 3.8) is 0 Å². The number of nitrogens with one attached hydrogen (secondary N) is 1. The van der Waals surface area contributed by atoms with Crippen LogP contribution in [0.1, 0.15) is 17.5 Å². The predicted molar refractivity (Wildman–Crippen MR) is 84.5 cm³/mol. The Kier molecular flexibility index (Phi) is 3.90. The lowest BCUT2D eigenvalue weighted by atomic mass is 10.0. The summed E-state index contributed by atoms with van der Waals surface area (Å²) in [7, 11) is 1.57. The third kappa shape index (κ3) is 2.64. The molecule has 0 fully saturated rings. The minimum atomic E-state index is -0.234. The molecule has 0 saturated carbocycles. The number of nitrogens with two attached hydrogens (primary N) is 1. The van der Waals surface area contributed by atoms with Crippen LogP contribution < -0.4 is 11.1 Å². The number of aryl methyl sites for hydroxylation is 2. The van der Waals surface area contributed by atoms with Gasteiger partial charge in [0.2, 0.25) is 5.91 Å². The van der Waals surface area contributed by atoms with E-state index in [1.807, 2.05) is 6.07 Å². The molecule has 1 aliphatic rings. The number of rotatable bonds is 5. The number of anilines is 1. The number of methoxy groups -OCH3 is 1. The standard InChI is InChI=1S/C17H20N2O2/c1-21-13(10-18)9-16(20)19-15-8-7-12-6-5-11-3-2-4-14(15)17(11)12/h2-4,7-8,13H,5-6,9-10,18H2,1H3,(H,19,20)/t13-/m0/s1. The summed E-state index contributed by atoms with van der Waals surface area (Å²) < 4.78 is 5.16. The number of hydrogen-bond donors (Lipinski definition) is 2. The number of carbonyl (C=O) groups is 1. The zero-order chi connectivity index (χ0) is 14.8. The van der Waals surface area contributed by atoms with Gasteiger partial charge < -0.3 is 15.8 Å². The van der Waals surface area contributed by atoms with Crippen LogP contribution >= 0.6 is 0 Å². The van der Waals surface area contributed by atoms with Gasteiger partial charge in [0.25, 0.3) is 0 Å². The molecule has 2 aromatic rings. The zero-order valence-electron chi connectivity index (χ0n) is 12.2. The van der Waals surface area contributed by atoms with Crippen molar-refractivity contribution in [2.45, 2.75) is 25.4 Å². The summed E-state index contributed by atoms with van der Waals surface area (Å²) in [6.45, 7) is 0.341. The Hall–Kier alpha value is -1.91. The average molecular weight is 284 g/mol. The van der Waals surface area contributed by atoms with Crippen molar-refractivity contribution in [2.24, 2.45) is 5.73 Å². The van der Waals surface area contributed by atoms with Crippen LogP contribution in [0.2, 0.25) is 0 Å². The molecule has 21 heavy (non-hydrogen) atoms. The van der Waals surface area contributed by atoms with E-state index in [0.717, 1.165) is 23.9 Å². The first-order valence-corrected chi connectivity index (χ1v) is 7.29. The summed E-state index contributed by atoms with van der Waals surface area (Å²) in [6, 6.07) is 10.4. The summed E-state index contributed by atoms with van der Waals surface area (Å²) in [5, 5.41) is 5.42. The molecule has 0 saturated heterocycles. The van der Waals surface area contributed by atoms with Gasteiger partial charge in [0, 0.05) is 24.7 Å². The van der Waals surface area contributed by atoms with Gasteiger partial charge in [-0.3, -0.25) is 4.79 Å². The molecule has 4 nitrogen and oxygen atoms in total. The monoisotopic (exact) mass is 284 g/mol. The van der Waals surface area contributed by atoms with Gasteiger partial charge in [-0.05, 0) is 35.4 Å².